The maximum Gasteiger partial charge on any atom is 0.0637 e. The first-order valence-electron chi connectivity index (χ1n) is 5.37. The summed E-state index contributed by atoms with van der Waals surface area (Å²) < 4.78 is 5.07. The fourth-order valence-corrected chi connectivity index (χ4v) is 1.83. The lowest BCUT2D eigenvalue weighted by atomic mass is 10.1. The van der Waals surface area contributed by atoms with Crippen LogP contribution in [0.15, 0.2) is 18.2 Å². The van der Waals surface area contributed by atoms with Crippen molar-refractivity contribution in [3.05, 3.63) is 28.8 Å². The summed E-state index contributed by atoms with van der Waals surface area (Å²) in [7, 11) is 3.75. The fraction of sp³-hybridized carbons (Fsp3) is 0.500. The molecule has 1 aromatic carbocycles. The van der Waals surface area contributed by atoms with E-state index in [1.54, 1.807) is 7.11 Å². The number of methoxy groups -OCH3 is 1. The number of anilines is 1. The van der Waals surface area contributed by atoms with Gasteiger partial charge in [0.15, 0.2) is 0 Å². The molecule has 4 heteroatoms. The Kier molecular flexibility index (Phi) is 5.60. The van der Waals surface area contributed by atoms with Crippen LogP contribution in [0.4, 0.5) is 5.69 Å². The van der Waals surface area contributed by atoms with Crippen molar-refractivity contribution in [2.24, 2.45) is 5.73 Å². The molecule has 90 valence electrons. The lowest BCUT2D eigenvalue weighted by Crippen LogP contribution is -2.23. The van der Waals surface area contributed by atoms with Gasteiger partial charge in [-0.25, -0.2) is 0 Å². The average molecular weight is 243 g/mol. The molecule has 0 fully saturated rings. The van der Waals surface area contributed by atoms with Crippen molar-refractivity contribution in [2.75, 3.05) is 38.8 Å². The van der Waals surface area contributed by atoms with E-state index in [4.69, 9.17) is 22.1 Å². The van der Waals surface area contributed by atoms with Gasteiger partial charge in [0.2, 0.25) is 0 Å². The molecule has 0 saturated heterocycles. The zero-order valence-corrected chi connectivity index (χ0v) is 10.6. The highest BCUT2D eigenvalue weighted by Gasteiger charge is 2.07. The molecule has 0 aliphatic rings. The number of nitrogens with zero attached hydrogens (tertiary/aromatic N) is 1. The Labute approximate surface area is 102 Å². The van der Waals surface area contributed by atoms with Gasteiger partial charge in [-0.2, -0.15) is 0 Å². The Bertz CT molecular complexity index is 331. The van der Waals surface area contributed by atoms with Gasteiger partial charge in [-0.05, 0) is 36.7 Å². The zero-order chi connectivity index (χ0) is 12.0. The number of nitrogens with two attached hydrogens (primary N) is 1. The summed E-state index contributed by atoms with van der Waals surface area (Å²) in [5.41, 5.74) is 7.96. The van der Waals surface area contributed by atoms with E-state index in [2.05, 4.69) is 4.90 Å². The number of hydrogen-bond donors (Lipinski definition) is 1. The highest BCUT2D eigenvalue weighted by molar-refractivity contribution is 6.30. The summed E-state index contributed by atoms with van der Waals surface area (Å²) in [4.78, 5) is 2.16. The Morgan fingerprint density at radius 2 is 2.19 bits per heavy atom. The normalized spacial score (nSPS) is 10.5. The molecule has 3 nitrogen and oxygen atoms in total. The molecule has 0 amide bonds. The van der Waals surface area contributed by atoms with E-state index < -0.39 is 0 Å². The van der Waals surface area contributed by atoms with Crippen molar-refractivity contribution in [3.63, 3.8) is 0 Å². The minimum absolute atomic E-state index is 0.630. The first-order valence-corrected chi connectivity index (χ1v) is 5.75. The minimum Gasteiger partial charge on any atom is -0.383 e. The molecule has 16 heavy (non-hydrogen) atoms. The van der Waals surface area contributed by atoms with Gasteiger partial charge in [0.1, 0.15) is 0 Å². The number of hydrogen-bond acceptors (Lipinski definition) is 3. The van der Waals surface area contributed by atoms with E-state index >= 15 is 0 Å². The molecule has 0 aromatic heterocycles. The first-order chi connectivity index (χ1) is 7.69. The third-order valence-corrected chi connectivity index (χ3v) is 2.73. The molecule has 0 aliphatic carbocycles. The van der Waals surface area contributed by atoms with Crippen molar-refractivity contribution in [1.29, 1.82) is 0 Å². The van der Waals surface area contributed by atoms with Crippen LogP contribution in [0, 0.1) is 0 Å². The Morgan fingerprint density at radius 1 is 1.44 bits per heavy atom. The molecular formula is C12H19ClN2O. The van der Waals surface area contributed by atoms with E-state index in [9.17, 15) is 0 Å². The van der Waals surface area contributed by atoms with Gasteiger partial charge in [-0.15, -0.1) is 0 Å². The van der Waals surface area contributed by atoms with E-state index in [1.165, 1.54) is 11.3 Å². The van der Waals surface area contributed by atoms with Crippen LogP contribution in [-0.2, 0) is 11.2 Å². The quantitative estimate of drug-likeness (QED) is 0.829. The topological polar surface area (TPSA) is 38.5 Å². The van der Waals surface area contributed by atoms with Gasteiger partial charge in [0.25, 0.3) is 0 Å². The van der Waals surface area contributed by atoms with Crippen LogP contribution in [0.3, 0.4) is 0 Å². The molecule has 0 radical (unpaired) electrons. The van der Waals surface area contributed by atoms with E-state index in [0.29, 0.717) is 13.2 Å². The molecule has 0 spiro atoms. The Balaban J connectivity index is 2.84. The second kappa shape index (κ2) is 6.74. The lowest BCUT2D eigenvalue weighted by Gasteiger charge is -2.22. The number of halogens is 1. The summed E-state index contributed by atoms with van der Waals surface area (Å²) in [6, 6.07) is 5.91. The molecule has 0 saturated carbocycles. The van der Waals surface area contributed by atoms with Crippen molar-refractivity contribution in [3.8, 4) is 0 Å². The maximum atomic E-state index is 5.98. The van der Waals surface area contributed by atoms with E-state index in [1.807, 2.05) is 25.2 Å². The first kappa shape index (κ1) is 13.3. The highest BCUT2D eigenvalue weighted by Crippen LogP contribution is 2.23. The second-order valence-corrected chi connectivity index (χ2v) is 4.16. The highest BCUT2D eigenvalue weighted by atomic mass is 35.5. The molecule has 0 aliphatic heterocycles. The second-order valence-electron chi connectivity index (χ2n) is 3.73. The Morgan fingerprint density at radius 3 is 2.81 bits per heavy atom. The molecule has 1 aromatic rings. The number of ether oxygens (including phenoxy) is 1. The van der Waals surface area contributed by atoms with Crippen LogP contribution in [-0.4, -0.2) is 33.9 Å². The van der Waals surface area contributed by atoms with Gasteiger partial charge in [-0.3, -0.25) is 0 Å². The predicted octanol–water partition coefficient (Wildman–Crippen LogP) is 1.92. The molecule has 0 bridgehead atoms. The lowest BCUT2D eigenvalue weighted by molar-refractivity contribution is 0.206. The molecule has 1 rings (SSSR count). The zero-order valence-electron chi connectivity index (χ0n) is 9.87. The van der Waals surface area contributed by atoms with Gasteiger partial charge in [-0.1, -0.05) is 11.6 Å². The Hall–Kier alpha value is -0.770. The predicted molar refractivity (Wildman–Crippen MR) is 69.4 cm³/mol. The summed E-state index contributed by atoms with van der Waals surface area (Å²) in [6.45, 7) is 2.20. The maximum absolute atomic E-state index is 5.98. The molecule has 0 atom stereocenters. The van der Waals surface area contributed by atoms with Crippen LogP contribution < -0.4 is 10.6 Å². The molecule has 2 N–H and O–H groups in total. The smallest absolute Gasteiger partial charge is 0.0637 e. The van der Waals surface area contributed by atoms with Crippen molar-refractivity contribution < 1.29 is 4.74 Å². The van der Waals surface area contributed by atoms with Crippen molar-refractivity contribution in [1.82, 2.24) is 0 Å². The number of rotatable bonds is 6. The third-order valence-electron chi connectivity index (χ3n) is 2.50. The van der Waals surface area contributed by atoms with Crippen LogP contribution in [0.1, 0.15) is 5.56 Å². The average Bonchev–Trinajstić information content (AvgIpc) is 2.26. The molecule has 0 heterocycles. The van der Waals surface area contributed by atoms with Gasteiger partial charge in [0.05, 0.1) is 6.61 Å². The van der Waals surface area contributed by atoms with Crippen LogP contribution in [0.5, 0.6) is 0 Å². The summed E-state index contributed by atoms with van der Waals surface area (Å²) in [6.07, 6.45) is 0.840. The monoisotopic (exact) mass is 242 g/mol. The van der Waals surface area contributed by atoms with Crippen molar-refractivity contribution in [2.45, 2.75) is 6.42 Å². The molecular weight excluding hydrogens is 224 g/mol. The van der Waals surface area contributed by atoms with Crippen LogP contribution >= 0.6 is 11.6 Å². The summed E-state index contributed by atoms with van der Waals surface area (Å²) in [5.74, 6) is 0. The summed E-state index contributed by atoms with van der Waals surface area (Å²) >= 11 is 5.98. The standard InChI is InChI=1S/C12H19ClN2O/c1-15(7-8-16-2)12-4-3-11(13)9-10(12)5-6-14/h3-4,9H,5-8,14H2,1-2H3. The van der Waals surface area contributed by atoms with Gasteiger partial charge < -0.3 is 15.4 Å². The summed E-state index contributed by atoms with van der Waals surface area (Å²) in [5, 5.41) is 0.757. The minimum atomic E-state index is 0.630. The SMILES string of the molecule is COCCN(C)c1ccc(Cl)cc1CCN. The van der Waals surface area contributed by atoms with Crippen molar-refractivity contribution >= 4 is 17.3 Å². The van der Waals surface area contributed by atoms with Crippen LogP contribution in [0.25, 0.3) is 0 Å². The largest absolute Gasteiger partial charge is 0.383 e. The number of benzene rings is 1. The van der Waals surface area contributed by atoms with E-state index in [-0.39, 0.29) is 0 Å². The van der Waals surface area contributed by atoms with Crippen LogP contribution in [0.2, 0.25) is 5.02 Å². The number of likely N-dealkylation sites (N-methyl/N-ethyl adjacent to an activating group) is 1. The van der Waals surface area contributed by atoms with Gasteiger partial charge in [0, 0.05) is 31.4 Å². The molecule has 0 unspecified atom stereocenters. The fourth-order valence-electron chi connectivity index (χ4n) is 1.63. The van der Waals surface area contributed by atoms with E-state index in [0.717, 1.165) is 18.0 Å². The van der Waals surface area contributed by atoms with Gasteiger partial charge >= 0.3 is 0 Å². The third kappa shape index (κ3) is 3.67.